The van der Waals surface area contributed by atoms with Crippen molar-refractivity contribution in [3.05, 3.63) is 67.8 Å². The number of hydrogen-bond donors (Lipinski definition) is 0. The number of rotatable bonds is 2. The van der Waals surface area contributed by atoms with E-state index in [0.717, 1.165) is 15.4 Å². The monoisotopic (exact) mass is 382 g/mol. The summed E-state index contributed by atoms with van der Waals surface area (Å²) >= 11 is 15.4. The van der Waals surface area contributed by atoms with E-state index in [1.807, 2.05) is 25.1 Å². The van der Waals surface area contributed by atoms with Crippen LogP contribution in [0.5, 0.6) is 0 Å². The predicted octanol–water partition coefficient (Wildman–Crippen LogP) is 6.04. The highest BCUT2D eigenvalue weighted by Gasteiger charge is 2.21. The average Bonchev–Trinajstić information content (AvgIpc) is 2.77. The van der Waals surface area contributed by atoms with Gasteiger partial charge < -0.3 is 4.42 Å². The molecule has 0 atom stereocenters. The van der Waals surface area contributed by atoms with Crippen molar-refractivity contribution in [1.82, 2.24) is 0 Å². The Morgan fingerprint density at radius 3 is 2.67 bits per heavy atom. The molecular formula is C16H9BrCl2O2. The molecule has 2 nitrogen and oxygen atoms in total. The van der Waals surface area contributed by atoms with Crippen molar-refractivity contribution < 1.29 is 9.21 Å². The Labute approximate surface area is 139 Å². The van der Waals surface area contributed by atoms with E-state index in [2.05, 4.69) is 15.9 Å². The van der Waals surface area contributed by atoms with Gasteiger partial charge in [-0.2, -0.15) is 0 Å². The van der Waals surface area contributed by atoms with E-state index in [1.54, 1.807) is 18.2 Å². The van der Waals surface area contributed by atoms with Crippen LogP contribution in [0.15, 0.2) is 45.3 Å². The van der Waals surface area contributed by atoms with Gasteiger partial charge in [-0.1, -0.05) is 39.1 Å². The lowest BCUT2D eigenvalue weighted by molar-refractivity contribution is 0.101. The van der Waals surface area contributed by atoms with Crippen molar-refractivity contribution >= 4 is 55.9 Å². The number of aryl methyl sites for hydroxylation is 1. The van der Waals surface area contributed by atoms with Crippen LogP contribution in [0.25, 0.3) is 11.0 Å². The second-order valence-corrected chi connectivity index (χ2v) is 6.41. The zero-order valence-electron chi connectivity index (χ0n) is 10.9. The molecule has 0 bridgehead atoms. The van der Waals surface area contributed by atoms with Crippen molar-refractivity contribution in [1.29, 1.82) is 0 Å². The van der Waals surface area contributed by atoms with Gasteiger partial charge in [0.15, 0.2) is 5.76 Å². The zero-order chi connectivity index (χ0) is 15.1. The Kier molecular flexibility index (Phi) is 3.82. The second-order valence-electron chi connectivity index (χ2n) is 4.65. The van der Waals surface area contributed by atoms with Crippen LogP contribution in [-0.2, 0) is 0 Å². The van der Waals surface area contributed by atoms with Gasteiger partial charge in [0.25, 0.3) is 0 Å². The maximum Gasteiger partial charge on any atom is 0.230 e. The fourth-order valence-corrected chi connectivity index (χ4v) is 2.93. The summed E-state index contributed by atoms with van der Waals surface area (Å²) in [6.45, 7) is 1.85. The summed E-state index contributed by atoms with van der Waals surface area (Å²) in [5.41, 5.74) is 1.78. The maximum atomic E-state index is 12.6. The highest BCUT2D eigenvalue weighted by molar-refractivity contribution is 9.10. The van der Waals surface area contributed by atoms with Gasteiger partial charge in [-0.3, -0.25) is 4.79 Å². The van der Waals surface area contributed by atoms with Crippen LogP contribution < -0.4 is 0 Å². The van der Waals surface area contributed by atoms with E-state index in [9.17, 15) is 4.79 Å². The van der Waals surface area contributed by atoms with E-state index in [-0.39, 0.29) is 11.5 Å². The van der Waals surface area contributed by atoms with E-state index in [0.29, 0.717) is 21.2 Å². The molecule has 0 unspecified atom stereocenters. The fraction of sp³-hybridized carbons (Fsp3) is 0.0625. The number of benzene rings is 2. The van der Waals surface area contributed by atoms with Crippen LogP contribution in [0.2, 0.25) is 10.0 Å². The summed E-state index contributed by atoms with van der Waals surface area (Å²) in [5, 5.41) is 1.71. The van der Waals surface area contributed by atoms with Crippen molar-refractivity contribution in [3.8, 4) is 0 Å². The van der Waals surface area contributed by atoms with Crippen LogP contribution >= 0.6 is 39.1 Å². The van der Waals surface area contributed by atoms with Crippen molar-refractivity contribution in [2.75, 3.05) is 0 Å². The summed E-state index contributed by atoms with van der Waals surface area (Å²) < 4.78 is 6.60. The number of furan rings is 1. The molecule has 2 aromatic carbocycles. The number of fused-ring (bicyclic) bond motifs is 1. The first-order chi connectivity index (χ1) is 9.97. The molecule has 0 saturated carbocycles. The Bertz CT molecular complexity index is 868. The highest BCUT2D eigenvalue weighted by atomic mass is 79.9. The molecule has 106 valence electrons. The first-order valence-electron chi connectivity index (χ1n) is 6.16. The molecule has 1 aromatic heterocycles. The van der Waals surface area contributed by atoms with E-state index < -0.39 is 0 Å². The number of ketones is 1. The van der Waals surface area contributed by atoms with Crippen LogP contribution in [0.1, 0.15) is 21.7 Å². The van der Waals surface area contributed by atoms with E-state index in [4.69, 9.17) is 27.6 Å². The fourth-order valence-electron chi connectivity index (χ4n) is 2.21. The van der Waals surface area contributed by atoms with Gasteiger partial charge in [0.05, 0.1) is 5.02 Å². The largest absolute Gasteiger partial charge is 0.452 e. The van der Waals surface area contributed by atoms with Crippen LogP contribution in [0.4, 0.5) is 0 Å². The molecule has 3 aromatic rings. The van der Waals surface area contributed by atoms with Crippen LogP contribution in [0, 0.1) is 6.92 Å². The third-order valence-electron chi connectivity index (χ3n) is 3.28. The Balaban J connectivity index is 2.18. The van der Waals surface area contributed by atoms with Crippen LogP contribution in [-0.4, -0.2) is 5.78 Å². The lowest BCUT2D eigenvalue weighted by Crippen LogP contribution is -2.02. The molecule has 0 amide bonds. The van der Waals surface area contributed by atoms with E-state index in [1.165, 1.54) is 0 Å². The summed E-state index contributed by atoms with van der Waals surface area (Å²) in [5.74, 6) is 0.0135. The third-order valence-corrected chi connectivity index (χ3v) is 4.34. The molecule has 21 heavy (non-hydrogen) atoms. The Morgan fingerprint density at radius 2 is 1.90 bits per heavy atom. The number of carbonyl (C=O) groups excluding carboxylic acids is 1. The quantitative estimate of drug-likeness (QED) is 0.505. The minimum absolute atomic E-state index is 0.271. The van der Waals surface area contributed by atoms with E-state index >= 15 is 0 Å². The molecule has 1 heterocycles. The molecule has 3 rings (SSSR count). The standard InChI is InChI=1S/C16H9BrCl2O2/c1-8-11-4-2-9(17)6-14(11)21-16(8)15(20)12-7-10(18)3-5-13(12)19/h2-7H,1H3. The summed E-state index contributed by atoms with van der Waals surface area (Å²) in [7, 11) is 0. The van der Waals surface area contributed by atoms with Crippen molar-refractivity contribution in [2.24, 2.45) is 0 Å². The van der Waals surface area contributed by atoms with Gasteiger partial charge >= 0.3 is 0 Å². The molecule has 0 aliphatic carbocycles. The molecule has 0 saturated heterocycles. The third kappa shape index (κ3) is 2.61. The number of hydrogen-bond acceptors (Lipinski definition) is 2. The van der Waals surface area contributed by atoms with Crippen LogP contribution in [0.3, 0.4) is 0 Å². The average molecular weight is 384 g/mol. The topological polar surface area (TPSA) is 30.2 Å². The van der Waals surface area contributed by atoms with Crippen molar-refractivity contribution in [3.63, 3.8) is 0 Å². The van der Waals surface area contributed by atoms with Gasteiger partial charge in [-0.05, 0) is 43.3 Å². The molecule has 0 radical (unpaired) electrons. The smallest absolute Gasteiger partial charge is 0.230 e. The van der Waals surface area contributed by atoms with Gasteiger partial charge in [0.1, 0.15) is 5.58 Å². The van der Waals surface area contributed by atoms with Gasteiger partial charge in [-0.15, -0.1) is 0 Å². The SMILES string of the molecule is Cc1c(C(=O)c2cc(Cl)ccc2Cl)oc2cc(Br)ccc12. The van der Waals surface area contributed by atoms with Gasteiger partial charge in [0.2, 0.25) is 5.78 Å². The molecule has 5 heteroatoms. The minimum atomic E-state index is -0.271. The summed E-state index contributed by atoms with van der Waals surface area (Å²) in [6.07, 6.45) is 0. The molecular weight excluding hydrogens is 375 g/mol. The zero-order valence-corrected chi connectivity index (χ0v) is 14.0. The molecule has 0 aliphatic heterocycles. The lowest BCUT2D eigenvalue weighted by Gasteiger charge is -2.02. The number of halogens is 3. The number of carbonyl (C=O) groups is 1. The van der Waals surface area contributed by atoms with Crippen molar-refractivity contribution in [2.45, 2.75) is 6.92 Å². The highest BCUT2D eigenvalue weighted by Crippen LogP contribution is 2.31. The minimum Gasteiger partial charge on any atom is -0.452 e. The first-order valence-corrected chi connectivity index (χ1v) is 7.70. The summed E-state index contributed by atoms with van der Waals surface area (Å²) in [4.78, 5) is 12.6. The Hall–Kier alpha value is -1.29. The van der Waals surface area contributed by atoms with Gasteiger partial charge in [0, 0.05) is 26.0 Å². The maximum absolute atomic E-state index is 12.6. The lowest BCUT2D eigenvalue weighted by atomic mass is 10.0. The summed E-state index contributed by atoms with van der Waals surface area (Å²) in [6, 6.07) is 10.4. The molecule has 0 spiro atoms. The first kappa shape index (κ1) is 14.6. The van der Waals surface area contributed by atoms with Gasteiger partial charge in [-0.25, -0.2) is 0 Å². The molecule has 0 fully saturated rings. The predicted molar refractivity (Wildman–Crippen MR) is 88.5 cm³/mol. The normalized spacial score (nSPS) is 11.0. The second kappa shape index (κ2) is 5.48. The molecule has 0 N–H and O–H groups in total. The molecule has 0 aliphatic rings. The Morgan fingerprint density at radius 1 is 1.14 bits per heavy atom.